The van der Waals surface area contributed by atoms with Crippen LogP contribution in [0.5, 0.6) is 0 Å². The van der Waals surface area contributed by atoms with Crippen LogP contribution in [0, 0.1) is 5.92 Å². The molecule has 0 radical (unpaired) electrons. The van der Waals surface area contributed by atoms with E-state index in [1.807, 2.05) is 30.3 Å². The first kappa shape index (κ1) is 16.4. The van der Waals surface area contributed by atoms with Crippen LogP contribution in [0.1, 0.15) is 18.4 Å². The summed E-state index contributed by atoms with van der Waals surface area (Å²) in [5, 5.41) is 14.2. The van der Waals surface area contributed by atoms with Crippen LogP contribution in [0.3, 0.4) is 0 Å². The lowest BCUT2D eigenvalue weighted by Crippen LogP contribution is -2.24. The highest BCUT2D eigenvalue weighted by atomic mass is 32.2. The van der Waals surface area contributed by atoms with Crippen molar-refractivity contribution in [3.05, 3.63) is 48.0 Å². The van der Waals surface area contributed by atoms with Crippen LogP contribution < -0.4 is 10.6 Å². The molecule has 0 unspecified atom stereocenters. The van der Waals surface area contributed by atoms with Crippen molar-refractivity contribution in [3.8, 4) is 0 Å². The topological polar surface area (TPSA) is 84.0 Å². The van der Waals surface area contributed by atoms with Crippen molar-refractivity contribution in [1.29, 1.82) is 0 Å². The summed E-state index contributed by atoms with van der Waals surface area (Å²) in [6.45, 7) is 0.512. The number of hydrogen-bond donors (Lipinski definition) is 2. The fourth-order valence-electron chi connectivity index (χ4n) is 2.02. The predicted octanol–water partition coefficient (Wildman–Crippen LogP) is 2.23. The van der Waals surface area contributed by atoms with Crippen LogP contribution in [-0.2, 0) is 16.1 Å². The highest BCUT2D eigenvalue weighted by molar-refractivity contribution is 7.99. The number of anilines is 1. The monoisotopic (exact) mass is 342 g/mol. The first-order valence-electron chi connectivity index (χ1n) is 7.79. The Morgan fingerprint density at radius 1 is 1.08 bits per heavy atom. The van der Waals surface area contributed by atoms with Crippen LogP contribution in [0.25, 0.3) is 0 Å². The molecular weight excluding hydrogens is 324 g/mol. The minimum atomic E-state index is -0.0586. The number of aromatic nitrogens is 2. The first-order chi connectivity index (χ1) is 11.7. The van der Waals surface area contributed by atoms with Gasteiger partial charge in [0.15, 0.2) is 5.82 Å². The minimum Gasteiger partial charge on any atom is -0.351 e. The summed E-state index contributed by atoms with van der Waals surface area (Å²) in [5.74, 6) is 0.802. The van der Waals surface area contributed by atoms with Crippen LogP contribution in [0.4, 0.5) is 5.82 Å². The average molecular weight is 342 g/mol. The number of carbonyl (C=O) groups excluding carboxylic acids is 2. The normalized spacial score (nSPS) is 13.3. The van der Waals surface area contributed by atoms with Gasteiger partial charge in [-0.2, -0.15) is 0 Å². The number of nitrogens with one attached hydrogen (secondary N) is 2. The van der Waals surface area contributed by atoms with E-state index in [9.17, 15) is 9.59 Å². The van der Waals surface area contributed by atoms with Gasteiger partial charge in [-0.3, -0.25) is 9.59 Å². The molecule has 2 amide bonds. The molecule has 1 heterocycles. The third-order valence-electron chi connectivity index (χ3n) is 3.52. The average Bonchev–Trinajstić information content (AvgIpc) is 3.45. The molecule has 1 aromatic carbocycles. The third kappa shape index (κ3) is 5.06. The number of rotatable bonds is 7. The summed E-state index contributed by atoms with van der Waals surface area (Å²) in [6.07, 6.45) is 1.90. The molecule has 1 fully saturated rings. The van der Waals surface area contributed by atoms with E-state index in [1.165, 1.54) is 11.8 Å². The first-order valence-corrected chi connectivity index (χ1v) is 8.77. The number of amides is 2. The van der Waals surface area contributed by atoms with Crippen LogP contribution >= 0.6 is 11.8 Å². The molecule has 1 aromatic heterocycles. The van der Waals surface area contributed by atoms with Gasteiger partial charge < -0.3 is 10.6 Å². The zero-order valence-electron chi connectivity index (χ0n) is 13.1. The predicted molar refractivity (Wildman–Crippen MR) is 92.4 cm³/mol. The van der Waals surface area contributed by atoms with Crippen molar-refractivity contribution in [3.63, 3.8) is 0 Å². The summed E-state index contributed by atoms with van der Waals surface area (Å²) in [4.78, 5) is 23.5. The summed E-state index contributed by atoms with van der Waals surface area (Å²) in [5.41, 5.74) is 1.06. The van der Waals surface area contributed by atoms with Crippen molar-refractivity contribution >= 4 is 29.4 Å². The van der Waals surface area contributed by atoms with Crippen LogP contribution in [0.2, 0.25) is 0 Å². The Bertz CT molecular complexity index is 702. The fraction of sp³-hybridized carbons (Fsp3) is 0.294. The fourth-order valence-corrected chi connectivity index (χ4v) is 2.67. The molecule has 7 heteroatoms. The lowest BCUT2D eigenvalue weighted by Gasteiger charge is -2.05. The summed E-state index contributed by atoms with van der Waals surface area (Å²) in [6, 6.07) is 13.2. The molecule has 0 aliphatic heterocycles. The Labute approximate surface area is 144 Å². The molecule has 0 atom stereocenters. The number of nitrogens with zero attached hydrogens (tertiary/aromatic N) is 2. The van der Waals surface area contributed by atoms with Crippen molar-refractivity contribution < 1.29 is 9.59 Å². The Morgan fingerprint density at radius 3 is 2.54 bits per heavy atom. The van der Waals surface area contributed by atoms with E-state index in [-0.39, 0.29) is 23.5 Å². The molecule has 2 N–H and O–H groups in total. The Balaban J connectivity index is 1.40. The van der Waals surface area contributed by atoms with Gasteiger partial charge in [0.1, 0.15) is 5.03 Å². The maximum atomic E-state index is 11.8. The highest BCUT2D eigenvalue weighted by Gasteiger charge is 2.29. The number of hydrogen-bond acceptors (Lipinski definition) is 5. The second kappa shape index (κ2) is 7.92. The van der Waals surface area contributed by atoms with Crippen molar-refractivity contribution in [1.82, 2.24) is 15.5 Å². The molecule has 1 aliphatic rings. The van der Waals surface area contributed by atoms with Gasteiger partial charge in [-0.1, -0.05) is 42.1 Å². The van der Waals surface area contributed by atoms with Gasteiger partial charge in [0.05, 0.1) is 5.75 Å². The van der Waals surface area contributed by atoms with Crippen LogP contribution in [-0.4, -0.2) is 27.8 Å². The maximum Gasteiger partial charge on any atom is 0.230 e. The van der Waals surface area contributed by atoms with E-state index in [0.29, 0.717) is 17.4 Å². The molecule has 124 valence electrons. The summed E-state index contributed by atoms with van der Waals surface area (Å²) >= 11 is 1.31. The quantitative estimate of drug-likeness (QED) is 0.754. The number of carbonyl (C=O) groups is 2. The van der Waals surface area contributed by atoms with E-state index in [2.05, 4.69) is 20.8 Å². The third-order valence-corrected chi connectivity index (χ3v) is 4.44. The van der Waals surface area contributed by atoms with Gasteiger partial charge in [0.2, 0.25) is 11.8 Å². The van der Waals surface area contributed by atoms with Crippen molar-refractivity contribution in [2.24, 2.45) is 5.92 Å². The molecule has 24 heavy (non-hydrogen) atoms. The van der Waals surface area contributed by atoms with E-state index >= 15 is 0 Å². The Hall–Kier alpha value is -2.41. The van der Waals surface area contributed by atoms with Gasteiger partial charge in [-0.05, 0) is 30.5 Å². The van der Waals surface area contributed by atoms with Crippen LogP contribution in [0.15, 0.2) is 47.5 Å². The lowest BCUT2D eigenvalue weighted by molar-refractivity contribution is -0.119. The van der Waals surface area contributed by atoms with E-state index in [4.69, 9.17) is 0 Å². The molecule has 3 rings (SSSR count). The molecule has 1 saturated carbocycles. The zero-order valence-corrected chi connectivity index (χ0v) is 13.9. The number of thioether (sulfide) groups is 1. The van der Waals surface area contributed by atoms with Gasteiger partial charge >= 0.3 is 0 Å². The van der Waals surface area contributed by atoms with Crippen molar-refractivity contribution in [2.45, 2.75) is 24.4 Å². The van der Waals surface area contributed by atoms with Gasteiger partial charge in [0.25, 0.3) is 0 Å². The van der Waals surface area contributed by atoms with Gasteiger partial charge in [-0.25, -0.2) is 0 Å². The molecule has 6 nitrogen and oxygen atoms in total. The molecule has 1 aliphatic carbocycles. The maximum absolute atomic E-state index is 11.8. The minimum absolute atomic E-state index is 0.00462. The van der Waals surface area contributed by atoms with E-state index in [1.54, 1.807) is 12.1 Å². The second-order valence-corrected chi connectivity index (χ2v) is 6.57. The molecule has 2 aromatic rings. The van der Waals surface area contributed by atoms with Gasteiger partial charge in [0, 0.05) is 12.5 Å². The Morgan fingerprint density at radius 2 is 1.88 bits per heavy atom. The SMILES string of the molecule is O=C(CSc1ccc(NC(=O)C2CC2)nn1)NCc1ccccc1. The molecule has 0 bridgehead atoms. The van der Waals surface area contributed by atoms with E-state index in [0.717, 1.165) is 18.4 Å². The summed E-state index contributed by atoms with van der Waals surface area (Å²) in [7, 11) is 0. The van der Waals surface area contributed by atoms with Gasteiger partial charge in [-0.15, -0.1) is 10.2 Å². The van der Waals surface area contributed by atoms with Crippen molar-refractivity contribution in [2.75, 3.05) is 11.1 Å². The number of benzene rings is 1. The molecule has 0 spiro atoms. The lowest BCUT2D eigenvalue weighted by atomic mass is 10.2. The smallest absolute Gasteiger partial charge is 0.230 e. The standard InChI is InChI=1S/C17H18N4O2S/c22-15(18-10-12-4-2-1-3-5-12)11-24-16-9-8-14(20-21-16)19-17(23)13-6-7-13/h1-5,8-9,13H,6-7,10-11H2,(H,18,22)(H,19,20,23). The molecule has 0 saturated heterocycles. The second-order valence-electron chi connectivity index (χ2n) is 5.57. The Kier molecular flexibility index (Phi) is 5.43. The zero-order chi connectivity index (χ0) is 16.8. The summed E-state index contributed by atoms with van der Waals surface area (Å²) < 4.78 is 0. The molecular formula is C17H18N4O2S. The van der Waals surface area contributed by atoms with E-state index < -0.39 is 0 Å². The highest BCUT2D eigenvalue weighted by Crippen LogP contribution is 2.29. The largest absolute Gasteiger partial charge is 0.351 e.